The largest absolute Gasteiger partial charge is 0.491 e. The molecule has 1 aliphatic heterocycles. The Kier molecular flexibility index (Phi) is 5.15. The number of rotatable bonds is 5. The molecule has 0 radical (unpaired) electrons. The number of hydrogen-bond acceptors (Lipinski definition) is 4. The first-order chi connectivity index (χ1) is 10.2. The topological polar surface area (TPSA) is 52.9 Å². The fraction of sp³-hybridized carbons (Fsp3) is 0.667. The molecule has 4 nitrogen and oxygen atoms in total. The maximum absolute atomic E-state index is 10.4. The standard InChI is InChI=1S/C18H29NO3/c1-17(2)10-14(20)11-18(3,4)19(17)12-15(21)13-22-16-8-6-5-7-9-16/h5-9,14-15,20-21H,10-13H2,1-4H3/t15-/m1/s1. The van der Waals surface area contributed by atoms with E-state index in [0.29, 0.717) is 6.54 Å². The van der Waals surface area contributed by atoms with Crippen molar-refractivity contribution in [3.8, 4) is 5.75 Å². The number of para-hydroxylation sites is 1. The van der Waals surface area contributed by atoms with Crippen molar-refractivity contribution in [1.82, 2.24) is 4.90 Å². The summed E-state index contributed by atoms with van der Waals surface area (Å²) < 4.78 is 5.64. The summed E-state index contributed by atoms with van der Waals surface area (Å²) in [6, 6.07) is 9.54. The van der Waals surface area contributed by atoms with Crippen LogP contribution < -0.4 is 4.74 Å². The van der Waals surface area contributed by atoms with Crippen LogP contribution in [0.5, 0.6) is 5.75 Å². The lowest BCUT2D eigenvalue weighted by molar-refractivity contribution is -0.1000. The van der Waals surface area contributed by atoms with Gasteiger partial charge in [0.15, 0.2) is 0 Å². The van der Waals surface area contributed by atoms with Crippen LogP contribution in [0.15, 0.2) is 30.3 Å². The van der Waals surface area contributed by atoms with Gasteiger partial charge in [0.25, 0.3) is 0 Å². The predicted molar refractivity (Wildman–Crippen MR) is 88.0 cm³/mol. The second kappa shape index (κ2) is 6.57. The normalized spacial score (nSPS) is 23.2. The zero-order valence-corrected chi connectivity index (χ0v) is 14.1. The Morgan fingerprint density at radius 2 is 1.68 bits per heavy atom. The van der Waals surface area contributed by atoms with Crippen molar-refractivity contribution in [1.29, 1.82) is 0 Å². The summed E-state index contributed by atoms with van der Waals surface area (Å²) in [4.78, 5) is 2.30. The van der Waals surface area contributed by atoms with E-state index in [0.717, 1.165) is 18.6 Å². The van der Waals surface area contributed by atoms with Gasteiger partial charge < -0.3 is 14.9 Å². The van der Waals surface area contributed by atoms with Crippen LogP contribution in [0.1, 0.15) is 40.5 Å². The van der Waals surface area contributed by atoms with E-state index in [4.69, 9.17) is 4.74 Å². The molecule has 0 bridgehead atoms. The van der Waals surface area contributed by atoms with Gasteiger partial charge in [-0.05, 0) is 52.7 Å². The summed E-state index contributed by atoms with van der Waals surface area (Å²) in [5.74, 6) is 0.772. The fourth-order valence-corrected chi connectivity index (χ4v) is 3.73. The molecule has 124 valence electrons. The second-order valence-corrected chi connectivity index (χ2v) is 7.58. The lowest BCUT2D eigenvalue weighted by Crippen LogP contribution is -2.63. The Hall–Kier alpha value is -1.10. The number of benzene rings is 1. The number of hydrogen-bond donors (Lipinski definition) is 2. The third-order valence-corrected chi connectivity index (χ3v) is 4.51. The highest BCUT2D eigenvalue weighted by molar-refractivity contribution is 5.20. The molecule has 0 unspecified atom stereocenters. The molecule has 1 aromatic rings. The summed E-state index contributed by atoms with van der Waals surface area (Å²) in [6.45, 7) is 9.32. The number of aliphatic hydroxyl groups excluding tert-OH is 2. The number of nitrogens with zero attached hydrogens (tertiary/aromatic N) is 1. The third kappa shape index (κ3) is 4.22. The number of β-amino-alcohol motifs (C(OH)–C–C–N with tert-alkyl or cyclic N) is 1. The average molecular weight is 307 g/mol. The maximum atomic E-state index is 10.4. The Morgan fingerprint density at radius 3 is 2.23 bits per heavy atom. The number of piperidine rings is 1. The highest BCUT2D eigenvalue weighted by Crippen LogP contribution is 2.38. The molecular weight excluding hydrogens is 278 g/mol. The van der Waals surface area contributed by atoms with E-state index in [9.17, 15) is 10.2 Å². The number of likely N-dealkylation sites (tertiary alicyclic amines) is 1. The van der Waals surface area contributed by atoms with E-state index < -0.39 is 6.10 Å². The molecule has 0 spiro atoms. The first-order valence-corrected chi connectivity index (χ1v) is 8.02. The molecule has 1 atom stereocenters. The second-order valence-electron chi connectivity index (χ2n) is 7.58. The molecule has 22 heavy (non-hydrogen) atoms. The van der Waals surface area contributed by atoms with Crippen LogP contribution in [0.25, 0.3) is 0 Å². The number of ether oxygens (including phenoxy) is 1. The minimum atomic E-state index is -0.561. The molecule has 0 aliphatic carbocycles. The van der Waals surface area contributed by atoms with Crippen LogP contribution in [0, 0.1) is 0 Å². The summed E-state index contributed by atoms with van der Waals surface area (Å²) in [7, 11) is 0. The minimum absolute atomic E-state index is 0.144. The van der Waals surface area contributed by atoms with E-state index in [2.05, 4.69) is 32.6 Å². The van der Waals surface area contributed by atoms with E-state index in [1.165, 1.54) is 0 Å². The van der Waals surface area contributed by atoms with Crippen LogP contribution in [0.3, 0.4) is 0 Å². The van der Waals surface area contributed by atoms with Crippen molar-refractivity contribution >= 4 is 0 Å². The molecule has 1 aromatic carbocycles. The molecule has 0 amide bonds. The summed E-state index contributed by atoms with van der Waals surface area (Å²) in [6.07, 6.45) is 0.610. The third-order valence-electron chi connectivity index (χ3n) is 4.51. The lowest BCUT2D eigenvalue weighted by Gasteiger charge is -2.54. The van der Waals surface area contributed by atoms with Crippen molar-refractivity contribution in [3.63, 3.8) is 0 Å². The molecule has 1 fully saturated rings. The molecule has 1 aliphatic rings. The zero-order chi connectivity index (χ0) is 16.4. The molecule has 0 saturated carbocycles. The van der Waals surface area contributed by atoms with Gasteiger partial charge in [0.2, 0.25) is 0 Å². The van der Waals surface area contributed by atoms with Crippen molar-refractivity contribution in [2.45, 2.75) is 63.8 Å². The molecule has 0 aromatic heterocycles. The highest BCUT2D eigenvalue weighted by atomic mass is 16.5. The fourth-order valence-electron chi connectivity index (χ4n) is 3.73. The van der Waals surface area contributed by atoms with Crippen molar-refractivity contribution in [3.05, 3.63) is 30.3 Å². The first kappa shape index (κ1) is 17.3. The average Bonchev–Trinajstić information content (AvgIpc) is 2.40. The van der Waals surface area contributed by atoms with Gasteiger partial charge in [0.1, 0.15) is 18.5 Å². The van der Waals surface area contributed by atoms with Crippen molar-refractivity contribution in [2.75, 3.05) is 13.2 Å². The Balaban J connectivity index is 1.95. The van der Waals surface area contributed by atoms with Gasteiger partial charge in [-0.3, -0.25) is 4.90 Å². The summed E-state index contributed by atoms with van der Waals surface area (Å²) in [5, 5.41) is 20.4. The van der Waals surface area contributed by atoms with E-state index in [1.54, 1.807) is 0 Å². The lowest BCUT2D eigenvalue weighted by atomic mass is 9.78. The van der Waals surface area contributed by atoms with Gasteiger partial charge in [0.05, 0.1) is 6.10 Å². The van der Waals surface area contributed by atoms with Gasteiger partial charge in [-0.1, -0.05) is 18.2 Å². The van der Waals surface area contributed by atoms with Crippen molar-refractivity contribution < 1.29 is 14.9 Å². The van der Waals surface area contributed by atoms with Crippen LogP contribution in [-0.2, 0) is 0 Å². The first-order valence-electron chi connectivity index (χ1n) is 8.02. The predicted octanol–water partition coefficient (Wildman–Crippen LogP) is 2.44. The van der Waals surface area contributed by atoms with Gasteiger partial charge in [-0.15, -0.1) is 0 Å². The summed E-state index contributed by atoms with van der Waals surface area (Å²) in [5.41, 5.74) is -0.288. The zero-order valence-electron chi connectivity index (χ0n) is 14.1. The molecule has 2 rings (SSSR count). The molecular formula is C18H29NO3. The van der Waals surface area contributed by atoms with Gasteiger partial charge in [-0.2, -0.15) is 0 Å². The van der Waals surface area contributed by atoms with Gasteiger partial charge >= 0.3 is 0 Å². The SMILES string of the molecule is CC1(C)CC(O)CC(C)(C)N1C[C@@H](O)COc1ccccc1. The van der Waals surface area contributed by atoms with E-state index >= 15 is 0 Å². The quantitative estimate of drug-likeness (QED) is 0.877. The number of aliphatic hydroxyl groups is 2. The van der Waals surface area contributed by atoms with Gasteiger partial charge in [-0.25, -0.2) is 0 Å². The molecule has 1 saturated heterocycles. The van der Waals surface area contributed by atoms with Crippen LogP contribution >= 0.6 is 0 Å². The summed E-state index contributed by atoms with van der Waals surface area (Å²) >= 11 is 0. The monoisotopic (exact) mass is 307 g/mol. The molecule has 1 heterocycles. The highest BCUT2D eigenvalue weighted by Gasteiger charge is 2.45. The Labute approximate surface area is 133 Å². The van der Waals surface area contributed by atoms with Crippen molar-refractivity contribution in [2.24, 2.45) is 0 Å². The van der Waals surface area contributed by atoms with Crippen LogP contribution in [-0.4, -0.2) is 51.6 Å². The minimum Gasteiger partial charge on any atom is -0.491 e. The Bertz CT molecular complexity index is 454. The maximum Gasteiger partial charge on any atom is 0.119 e. The smallest absolute Gasteiger partial charge is 0.119 e. The van der Waals surface area contributed by atoms with Gasteiger partial charge in [0, 0.05) is 17.6 Å². The molecule has 2 N–H and O–H groups in total. The molecule has 4 heteroatoms. The van der Waals surface area contributed by atoms with E-state index in [1.807, 2.05) is 30.3 Å². The van der Waals surface area contributed by atoms with E-state index in [-0.39, 0.29) is 23.8 Å². The van der Waals surface area contributed by atoms with Crippen LogP contribution in [0.4, 0.5) is 0 Å². The van der Waals surface area contributed by atoms with Crippen LogP contribution in [0.2, 0.25) is 0 Å². The Morgan fingerprint density at radius 1 is 1.14 bits per heavy atom.